The number of imidazole rings is 1. The molecule has 2 aromatic heterocycles. The van der Waals surface area contributed by atoms with Crippen molar-refractivity contribution in [2.24, 2.45) is 5.73 Å². The summed E-state index contributed by atoms with van der Waals surface area (Å²) in [5.41, 5.74) is 4.08. The standard InChI is InChI=1S/C18H10Cl2F3N5O2/c19-8-4-5-12(10(20)6-8)28-15(18(21,22)23)9(7-25-28)16-26-11-2-1-3-13(14(11)27-16)30-17(24)29/h1-7H,(H2,24,29)(H,26,27). The van der Waals surface area contributed by atoms with Crippen LogP contribution in [0.3, 0.4) is 0 Å². The molecule has 4 rings (SSSR count). The maximum atomic E-state index is 14.0. The maximum Gasteiger partial charge on any atom is 0.434 e. The molecule has 0 aliphatic carbocycles. The van der Waals surface area contributed by atoms with Crippen LogP contribution in [0.25, 0.3) is 28.1 Å². The van der Waals surface area contributed by atoms with Gasteiger partial charge >= 0.3 is 12.3 Å². The van der Waals surface area contributed by atoms with Gasteiger partial charge in [0.2, 0.25) is 0 Å². The first-order valence-electron chi connectivity index (χ1n) is 8.22. The third-order valence-electron chi connectivity index (χ3n) is 4.12. The highest BCUT2D eigenvalue weighted by atomic mass is 35.5. The van der Waals surface area contributed by atoms with Crippen molar-refractivity contribution in [2.75, 3.05) is 0 Å². The van der Waals surface area contributed by atoms with E-state index in [2.05, 4.69) is 15.1 Å². The molecule has 0 aliphatic rings. The Kier molecular flexibility index (Phi) is 4.83. The molecular weight excluding hydrogens is 446 g/mol. The number of primary amides is 1. The van der Waals surface area contributed by atoms with Gasteiger partial charge in [0, 0.05) is 5.02 Å². The van der Waals surface area contributed by atoms with Gasteiger partial charge in [-0.05, 0) is 30.3 Å². The largest absolute Gasteiger partial charge is 0.434 e. The minimum Gasteiger partial charge on any atom is -0.408 e. The highest BCUT2D eigenvalue weighted by Crippen LogP contribution is 2.40. The Morgan fingerprint density at radius 3 is 2.63 bits per heavy atom. The zero-order chi connectivity index (χ0) is 21.6. The average Bonchev–Trinajstić information content (AvgIpc) is 3.25. The van der Waals surface area contributed by atoms with Crippen molar-refractivity contribution in [1.29, 1.82) is 0 Å². The molecule has 30 heavy (non-hydrogen) atoms. The summed E-state index contributed by atoms with van der Waals surface area (Å²) in [7, 11) is 0. The van der Waals surface area contributed by atoms with Crippen LogP contribution in [0.4, 0.5) is 18.0 Å². The summed E-state index contributed by atoms with van der Waals surface area (Å²) in [6.07, 6.45) is -4.85. The van der Waals surface area contributed by atoms with Crippen LogP contribution in [0.1, 0.15) is 5.69 Å². The summed E-state index contributed by atoms with van der Waals surface area (Å²) in [5.74, 6) is -0.127. The molecule has 4 aromatic rings. The average molecular weight is 456 g/mol. The molecule has 0 unspecified atom stereocenters. The van der Waals surface area contributed by atoms with Crippen LogP contribution < -0.4 is 10.5 Å². The number of H-pyrrole nitrogens is 1. The Balaban J connectivity index is 1.92. The molecule has 1 amide bonds. The van der Waals surface area contributed by atoms with Crippen molar-refractivity contribution < 1.29 is 22.7 Å². The van der Waals surface area contributed by atoms with Gasteiger partial charge in [-0.3, -0.25) is 0 Å². The zero-order valence-electron chi connectivity index (χ0n) is 14.7. The first-order valence-corrected chi connectivity index (χ1v) is 8.98. The molecule has 0 fully saturated rings. The van der Waals surface area contributed by atoms with E-state index in [9.17, 15) is 18.0 Å². The van der Waals surface area contributed by atoms with Gasteiger partial charge < -0.3 is 15.5 Å². The van der Waals surface area contributed by atoms with Crippen molar-refractivity contribution in [1.82, 2.24) is 19.7 Å². The lowest BCUT2D eigenvalue weighted by Crippen LogP contribution is -2.16. The van der Waals surface area contributed by atoms with Crippen LogP contribution in [-0.2, 0) is 6.18 Å². The van der Waals surface area contributed by atoms with Crippen LogP contribution in [-0.4, -0.2) is 25.8 Å². The lowest BCUT2D eigenvalue weighted by Gasteiger charge is -2.13. The van der Waals surface area contributed by atoms with Crippen molar-refractivity contribution in [2.45, 2.75) is 6.18 Å². The van der Waals surface area contributed by atoms with Gasteiger partial charge in [0.05, 0.1) is 28.0 Å². The fourth-order valence-electron chi connectivity index (χ4n) is 2.95. The number of halogens is 5. The van der Waals surface area contributed by atoms with Gasteiger partial charge in [0.15, 0.2) is 11.4 Å². The van der Waals surface area contributed by atoms with E-state index in [1.165, 1.54) is 30.3 Å². The molecule has 12 heteroatoms. The summed E-state index contributed by atoms with van der Waals surface area (Å²) >= 11 is 11.9. The number of benzene rings is 2. The second kappa shape index (κ2) is 7.22. The van der Waals surface area contributed by atoms with Crippen LogP contribution in [0, 0.1) is 0 Å². The number of alkyl halides is 3. The summed E-state index contributed by atoms with van der Waals surface area (Å²) < 4.78 is 47.4. The number of nitrogens with zero attached hydrogens (tertiary/aromatic N) is 3. The molecule has 2 aromatic carbocycles. The number of rotatable bonds is 3. The molecule has 0 aliphatic heterocycles. The van der Waals surface area contributed by atoms with Crippen molar-refractivity contribution in [3.8, 4) is 22.8 Å². The van der Waals surface area contributed by atoms with E-state index < -0.39 is 18.0 Å². The fourth-order valence-corrected chi connectivity index (χ4v) is 3.44. The van der Waals surface area contributed by atoms with E-state index in [-0.39, 0.29) is 38.4 Å². The van der Waals surface area contributed by atoms with E-state index in [0.717, 1.165) is 6.20 Å². The first kappa shape index (κ1) is 20.0. The van der Waals surface area contributed by atoms with Crippen LogP contribution in [0.15, 0.2) is 42.6 Å². The second-order valence-electron chi connectivity index (χ2n) is 6.07. The highest BCUT2D eigenvalue weighted by molar-refractivity contribution is 6.35. The van der Waals surface area contributed by atoms with Crippen LogP contribution in [0.5, 0.6) is 5.75 Å². The van der Waals surface area contributed by atoms with Crippen LogP contribution in [0.2, 0.25) is 10.0 Å². The fraction of sp³-hybridized carbons (Fsp3) is 0.0556. The summed E-state index contributed by atoms with van der Waals surface area (Å²) in [6.45, 7) is 0. The Bertz CT molecular complexity index is 1280. The molecule has 154 valence electrons. The molecule has 2 heterocycles. The third-order valence-corrected chi connectivity index (χ3v) is 4.65. The van der Waals surface area contributed by atoms with Gasteiger partial charge in [0.25, 0.3) is 0 Å². The van der Waals surface area contributed by atoms with Crippen LogP contribution >= 0.6 is 23.2 Å². The highest BCUT2D eigenvalue weighted by Gasteiger charge is 2.40. The topological polar surface area (TPSA) is 98.8 Å². The van der Waals surface area contributed by atoms with Gasteiger partial charge in [-0.1, -0.05) is 29.3 Å². The summed E-state index contributed by atoms with van der Waals surface area (Å²) in [5, 5.41) is 4.12. The Hall–Kier alpha value is -3.24. The lowest BCUT2D eigenvalue weighted by molar-refractivity contribution is -0.142. The molecule has 0 atom stereocenters. The number of aromatic amines is 1. The van der Waals surface area contributed by atoms with Gasteiger partial charge in [-0.15, -0.1) is 0 Å². The predicted molar refractivity (Wildman–Crippen MR) is 104 cm³/mol. The molecule has 0 saturated heterocycles. The number of fused-ring (bicyclic) bond motifs is 1. The second-order valence-corrected chi connectivity index (χ2v) is 6.91. The molecule has 0 bridgehead atoms. The van der Waals surface area contributed by atoms with E-state index >= 15 is 0 Å². The van der Waals surface area contributed by atoms with E-state index in [1.807, 2.05) is 0 Å². The number of para-hydroxylation sites is 1. The smallest absolute Gasteiger partial charge is 0.408 e. The number of carbonyl (C=O) groups is 1. The number of aromatic nitrogens is 4. The van der Waals surface area contributed by atoms with Crippen molar-refractivity contribution >= 4 is 40.3 Å². The number of nitrogens with two attached hydrogens (primary N) is 1. The normalized spacial score (nSPS) is 11.8. The molecule has 7 nitrogen and oxygen atoms in total. The molecule has 3 N–H and O–H groups in total. The Morgan fingerprint density at radius 1 is 1.20 bits per heavy atom. The maximum absolute atomic E-state index is 14.0. The van der Waals surface area contributed by atoms with E-state index in [4.69, 9.17) is 33.7 Å². The number of nitrogens with one attached hydrogen (secondary N) is 1. The minimum absolute atomic E-state index is 0.00389. The van der Waals surface area contributed by atoms with Gasteiger partial charge in [-0.25, -0.2) is 14.5 Å². The Labute approximate surface area is 176 Å². The number of carbonyl (C=O) groups excluding carboxylic acids is 1. The summed E-state index contributed by atoms with van der Waals surface area (Å²) in [4.78, 5) is 18.0. The monoisotopic (exact) mass is 455 g/mol. The third kappa shape index (κ3) is 3.55. The van der Waals surface area contributed by atoms with E-state index in [1.54, 1.807) is 6.07 Å². The molecular formula is C18H10Cl2F3N5O2. The molecule has 0 spiro atoms. The minimum atomic E-state index is -4.79. The molecule has 0 radical (unpaired) electrons. The Morgan fingerprint density at radius 2 is 1.97 bits per heavy atom. The number of hydrogen-bond acceptors (Lipinski definition) is 4. The quantitative estimate of drug-likeness (QED) is 0.443. The number of amides is 1. The van der Waals surface area contributed by atoms with Gasteiger partial charge in [-0.2, -0.15) is 18.3 Å². The zero-order valence-corrected chi connectivity index (χ0v) is 16.2. The van der Waals surface area contributed by atoms with E-state index in [0.29, 0.717) is 10.2 Å². The first-order chi connectivity index (χ1) is 14.1. The molecule has 0 saturated carbocycles. The number of ether oxygens (including phenoxy) is 1. The van der Waals surface area contributed by atoms with Crippen molar-refractivity contribution in [3.63, 3.8) is 0 Å². The SMILES string of the molecule is NC(=O)Oc1cccc2[nH]c(-c3cnn(-c4ccc(Cl)cc4Cl)c3C(F)(F)F)nc12. The number of hydrogen-bond donors (Lipinski definition) is 2. The predicted octanol–water partition coefficient (Wildman–Crippen LogP) is 5.20. The van der Waals surface area contributed by atoms with Gasteiger partial charge in [0.1, 0.15) is 11.3 Å². The summed E-state index contributed by atoms with van der Waals surface area (Å²) in [6, 6.07) is 8.55. The lowest BCUT2D eigenvalue weighted by atomic mass is 10.2. The van der Waals surface area contributed by atoms with Crippen molar-refractivity contribution in [3.05, 3.63) is 58.3 Å².